The molecule has 86 valence electrons. The number of carbonyl (C=O) groups is 1. The van der Waals surface area contributed by atoms with Crippen LogP contribution in [0.15, 0.2) is 24.3 Å². The third kappa shape index (κ3) is 2.95. The lowest BCUT2D eigenvalue weighted by Gasteiger charge is -2.20. The molecule has 0 aliphatic carbocycles. The Morgan fingerprint density at radius 2 is 2.19 bits per heavy atom. The number of anilines is 1. The molecular weight excluding hydrogens is 238 g/mol. The average Bonchev–Trinajstić information content (AvgIpc) is 2.33. The molecule has 0 saturated carbocycles. The highest BCUT2D eigenvalue weighted by atomic mass is 32.2. The van der Waals surface area contributed by atoms with Gasteiger partial charge in [0.05, 0.1) is 5.25 Å². The molecule has 1 aliphatic rings. The van der Waals surface area contributed by atoms with E-state index in [0.29, 0.717) is 0 Å². The molecule has 0 aromatic heterocycles. The van der Waals surface area contributed by atoms with Gasteiger partial charge in [-0.1, -0.05) is 18.2 Å². The van der Waals surface area contributed by atoms with Gasteiger partial charge >= 0.3 is 0 Å². The first-order valence-corrected chi connectivity index (χ1v) is 7.53. The van der Waals surface area contributed by atoms with Crippen LogP contribution in [0.25, 0.3) is 0 Å². The van der Waals surface area contributed by atoms with E-state index in [1.807, 2.05) is 43.0 Å². The maximum atomic E-state index is 12.0. The van der Waals surface area contributed by atoms with Crippen LogP contribution < -0.4 is 5.32 Å². The van der Waals surface area contributed by atoms with E-state index in [0.717, 1.165) is 22.8 Å². The summed E-state index contributed by atoms with van der Waals surface area (Å²) in [5, 5.41) is 3.12. The molecule has 2 nitrogen and oxygen atoms in total. The molecule has 0 bridgehead atoms. The zero-order chi connectivity index (χ0) is 11.4. The van der Waals surface area contributed by atoms with Gasteiger partial charge in [-0.05, 0) is 18.6 Å². The topological polar surface area (TPSA) is 29.1 Å². The molecule has 1 aromatic carbocycles. The smallest absolute Gasteiger partial charge is 0.238 e. The van der Waals surface area contributed by atoms with E-state index in [2.05, 4.69) is 5.32 Å². The fourth-order valence-electron chi connectivity index (χ4n) is 1.57. The van der Waals surface area contributed by atoms with E-state index < -0.39 is 0 Å². The van der Waals surface area contributed by atoms with Gasteiger partial charge in [0.1, 0.15) is 0 Å². The molecule has 1 saturated heterocycles. The third-order valence-electron chi connectivity index (χ3n) is 2.51. The Kier molecular flexibility index (Phi) is 4.18. The van der Waals surface area contributed by atoms with E-state index in [4.69, 9.17) is 0 Å². The molecule has 1 heterocycles. The van der Waals surface area contributed by atoms with Crippen molar-refractivity contribution in [1.82, 2.24) is 0 Å². The summed E-state index contributed by atoms with van der Waals surface area (Å²) in [5.41, 5.74) is 2.05. The van der Waals surface area contributed by atoms with E-state index in [-0.39, 0.29) is 11.2 Å². The van der Waals surface area contributed by atoms with Crippen LogP contribution in [0, 0.1) is 6.92 Å². The van der Waals surface area contributed by atoms with Gasteiger partial charge in [0, 0.05) is 22.9 Å². The van der Waals surface area contributed by atoms with E-state index in [9.17, 15) is 4.79 Å². The Bertz CT molecular complexity index is 375. The summed E-state index contributed by atoms with van der Waals surface area (Å²) in [7, 11) is 0. The van der Waals surface area contributed by atoms with E-state index in [1.54, 1.807) is 11.8 Å². The molecule has 1 aliphatic heterocycles. The maximum Gasteiger partial charge on any atom is 0.238 e. The van der Waals surface area contributed by atoms with Gasteiger partial charge in [-0.2, -0.15) is 11.8 Å². The van der Waals surface area contributed by atoms with Crippen molar-refractivity contribution >= 4 is 35.1 Å². The monoisotopic (exact) mass is 253 g/mol. The second-order valence-corrected chi connectivity index (χ2v) is 6.20. The Morgan fingerprint density at radius 3 is 2.88 bits per heavy atom. The molecule has 0 spiro atoms. The zero-order valence-corrected chi connectivity index (χ0v) is 10.9. The standard InChI is InChI=1S/C12H15NOS2/c1-9-4-2-3-5-10(9)13-12(14)11-8-15-6-7-16-11/h2-5,11H,6-8H2,1H3,(H,13,14). The van der Waals surface area contributed by atoms with Crippen LogP contribution >= 0.6 is 23.5 Å². The predicted octanol–water partition coefficient (Wildman–Crippen LogP) is 2.78. The maximum absolute atomic E-state index is 12.0. The minimum absolute atomic E-state index is 0.110. The quantitative estimate of drug-likeness (QED) is 0.878. The van der Waals surface area contributed by atoms with Crippen LogP contribution in [0.3, 0.4) is 0 Å². The SMILES string of the molecule is Cc1ccccc1NC(=O)C1CSCCS1. The van der Waals surface area contributed by atoms with Crippen molar-refractivity contribution in [1.29, 1.82) is 0 Å². The van der Waals surface area contributed by atoms with Crippen LogP contribution in [0.4, 0.5) is 5.69 Å². The minimum Gasteiger partial charge on any atom is -0.325 e. The Labute approximate surface area is 105 Å². The van der Waals surface area contributed by atoms with Crippen molar-refractivity contribution in [3.05, 3.63) is 29.8 Å². The van der Waals surface area contributed by atoms with Gasteiger partial charge in [0.25, 0.3) is 0 Å². The molecular formula is C12H15NOS2. The van der Waals surface area contributed by atoms with Gasteiger partial charge in [0.15, 0.2) is 0 Å². The molecule has 2 rings (SSSR count). The largest absolute Gasteiger partial charge is 0.325 e. The van der Waals surface area contributed by atoms with Crippen LogP contribution in [0.1, 0.15) is 5.56 Å². The summed E-state index contributed by atoms with van der Waals surface area (Å²) in [6.45, 7) is 2.01. The number of para-hydroxylation sites is 1. The molecule has 1 fully saturated rings. The zero-order valence-electron chi connectivity index (χ0n) is 9.23. The number of hydrogen-bond donors (Lipinski definition) is 1. The first-order valence-electron chi connectivity index (χ1n) is 5.33. The fraction of sp³-hybridized carbons (Fsp3) is 0.417. The van der Waals surface area contributed by atoms with Gasteiger partial charge in [-0.3, -0.25) is 4.79 Å². The normalized spacial score (nSPS) is 20.4. The van der Waals surface area contributed by atoms with Gasteiger partial charge in [-0.15, -0.1) is 11.8 Å². The van der Waals surface area contributed by atoms with Crippen molar-refractivity contribution in [2.45, 2.75) is 12.2 Å². The minimum atomic E-state index is 0.110. The summed E-state index contributed by atoms with van der Waals surface area (Å²) in [4.78, 5) is 12.0. The van der Waals surface area contributed by atoms with E-state index >= 15 is 0 Å². The molecule has 1 aromatic rings. The highest BCUT2D eigenvalue weighted by Crippen LogP contribution is 2.25. The van der Waals surface area contributed by atoms with Crippen molar-refractivity contribution in [2.24, 2.45) is 0 Å². The number of thioether (sulfide) groups is 2. The van der Waals surface area contributed by atoms with Gasteiger partial charge in [-0.25, -0.2) is 0 Å². The van der Waals surface area contributed by atoms with Crippen molar-refractivity contribution < 1.29 is 4.79 Å². The molecule has 4 heteroatoms. The molecule has 0 radical (unpaired) electrons. The molecule has 1 unspecified atom stereocenters. The summed E-state index contributed by atoms with van der Waals surface area (Å²) in [6, 6.07) is 7.90. The van der Waals surface area contributed by atoms with Crippen molar-refractivity contribution in [3.63, 3.8) is 0 Å². The van der Waals surface area contributed by atoms with Gasteiger partial charge < -0.3 is 5.32 Å². The number of rotatable bonds is 2. The first-order chi connectivity index (χ1) is 7.77. The highest BCUT2D eigenvalue weighted by molar-refractivity contribution is 8.07. The number of amides is 1. The van der Waals surface area contributed by atoms with Crippen LogP contribution in [-0.2, 0) is 4.79 Å². The number of hydrogen-bond acceptors (Lipinski definition) is 3. The van der Waals surface area contributed by atoms with Crippen LogP contribution in [0.2, 0.25) is 0 Å². The fourth-order valence-corrected chi connectivity index (χ4v) is 4.12. The van der Waals surface area contributed by atoms with Crippen LogP contribution in [0.5, 0.6) is 0 Å². The van der Waals surface area contributed by atoms with Crippen molar-refractivity contribution in [3.8, 4) is 0 Å². The summed E-state index contributed by atoms with van der Waals surface area (Å²) in [5.74, 6) is 3.32. The second kappa shape index (κ2) is 5.64. The lowest BCUT2D eigenvalue weighted by atomic mass is 10.2. The van der Waals surface area contributed by atoms with Crippen molar-refractivity contribution in [2.75, 3.05) is 22.6 Å². The molecule has 1 N–H and O–H groups in total. The number of aryl methyl sites for hydroxylation is 1. The lowest BCUT2D eigenvalue weighted by Crippen LogP contribution is -2.30. The molecule has 1 amide bonds. The average molecular weight is 253 g/mol. The second-order valence-electron chi connectivity index (χ2n) is 3.74. The van der Waals surface area contributed by atoms with Gasteiger partial charge in [0.2, 0.25) is 5.91 Å². The first kappa shape index (κ1) is 11.9. The summed E-state index contributed by atoms with van der Waals surface area (Å²) in [6.07, 6.45) is 0. The lowest BCUT2D eigenvalue weighted by molar-refractivity contribution is -0.115. The third-order valence-corrected chi connectivity index (χ3v) is 5.27. The van der Waals surface area contributed by atoms with Crippen LogP contribution in [-0.4, -0.2) is 28.4 Å². The number of benzene rings is 1. The van der Waals surface area contributed by atoms with E-state index in [1.165, 1.54) is 5.75 Å². The molecule has 1 atom stereocenters. The highest BCUT2D eigenvalue weighted by Gasteiger charge is 2.22. The number of carbonyl (C=O) groups excluding carboxylic acids is 1. The Balaban J connectivity index is 1.99. The summed E-state index contributed by atoms with van der Waals surface area (Å²) >= 11 is 3.63. The molecule has 16 heavy (non-hydrogen) atoms. The summed E-state index contributed by atoms with van der Waals surface area (Å²) < 4.78 is 0. The Hall–Kier alpha value is -0.610. The Morgan fingerprint density at radius 1 is 1.38 bits per heavy atom. The predicted molar refractivity (Wildman–Crippen MR) is 73.4 cm³/mol. The number of nitrogens with one attached hydrogen (secondary N) is 1.